The number of carbonyl (C=O) groups excluding carboxylic acids is 1. The summed E-state index contributed by atoms with van der Waals surface area (Å²) in [5.74, 6) is 2.28. The van der Waals surface area contributed by atoms with E-state index in [9.17, 15) is 4.79 Å². The molecule has 4 rings (SSSR count). The van der Waals surface area contributed by atoms with Gasteiger partial charge >= 0.3 is 0 Å². The summed E-state index contributed by atoms with van der Waals surface area (Å²) in [4.78, 5) is 21.5. The monoisotopic (exact) mass is 354 g/mol. The van der Waals surface area contributed by atoms with Gasteiger partial charge in [0.2, 0.25) is 11.8 Å². The predicted octanol–water partition coefficient (Wildman–Crippen LogP) is 2.70. The van der Waals surface area contributed by atoms with Gasteiger partial charge in [-0.2, -0.15) is 4.98 Å². The van der Waals surface area contributed by atoms with E-state index in [1.807, 2.05) is 23.1 Å². The summed E-state index contributed by atoms with van der Waals surface area (Å²) in [5.41, 5.74) is 2.29. The highest BCUT2D eigenvalue weighted by Gasteiger charge is 2.32. The number of hydrogen-bond acceptors (Lipinski definition) is 5. The first-order chi connectivity index (χ1) is 12.6. The van der Waals surface area contributed by atoms with E-state index in [0.717, 1.165) is 37.6 Å². The van der Waals surface area contributed by atoms with Crippen molar-refractivity contribution in [3.05, 3.63) is 47.1 Å². The molecular weight excluding hydrogens is 328 g/mol. The molecule has 1 atom stereocenters. The summed E-state index contributed by atoms with van der Waals surface area (Å²) < 4.78 is 5.46. The van der Waals surface area contributed by atoms with Crippen molar-refractivity contribution >= 4 is 5.91 Å². The molecule has 0 N–H and O–H groups in total. The van der Waals surface area contributed by atoms with Gasteiger partial charge in [0.25, 0.3) is 0 Å². The van der Waals surface area contributed by atoms with Crippen molar-refractivity contribution in [2.45, 2.75) is 45.1 Å². The minimum atomic E-state index is 0.101. The van der Waals surface area contributed by atoms with Crippen LogP contribution in [0.1, 0.15) is 54.6 Å². The average molecular weight is 354 g/mol. The summed E-state index contributed by atoms with van der Waals surface area (Å²) >= 11 is 0. The number of rotatable bonds is 5. The fraction of sp³-hybridized carbons (Fsp3) is 0.550. The highest BCUT2D eigenvalue weighted by molar-refractivity contribution is 5.79. The lowest BCUT2D eigenvalue weighted by molar-refractivity contribution is -0.132. The van der Waals surface area contributed by atoms with E-state index in [0.29, 0.717) is 18.2 Å². The van der Waals surface area contributed by atoms with Crippen LogP contribution < -0.4 is 0 Å². The Labute approximate surface area is 154 Å². The molecule has 1 amide bonds. The summed E-state index contributed by atoms with van der Waals surface area (Å²) in [6.45, 7) is 7.33. The van der Waals surface area contributed by atoms with Gasteiger partial charge < -0.3 is 9.42 Å². The molecule has 0 bridgehead atoms. The van der Waals surface area contributed by atoms with Crippen LogP contribution in [0.15, 0.2) is 28.8 Å². The van der Waals surface area contributed by atoms with Gasteiger partial charge in [-0.3, -0.25) is 9.69 Å². The molecule has 2 fully saturated rings. The van der Waals surface area contributed by atoms with Crippen molar-refractivity contribution in [3.63, 3.8) is 0 Å². The topological polar surface area (TPSA) is 62.5 Å². The highest BCUT2D eigenvalue weighted by atomic mass is 16.5. The minimum Gasteiger partial charge on any atom is -0.340 e. The standard InChI is InChI=1S/C20H26N4O2/c1-14-5-3-4-6-17(14)13-18(25)24-11-9-23(10-12-24)15(2)20-21-19(22-26-20)16-7-8-16/h3-6,15-16H,7-13H2,1-2H3/t15-/m0/s1. The molecule has 0 radical (unpaired) electrons. The molecular formula is C20H26N4O2. The number of piperazine rings is 1. The molecule has 1 aliphatic carbocycles. The number of carbonyl (C=O) groups is 1. The first kappa shape index (κ1) is 17.2. The fourth-order valence-electron chi connectivity index (χ4n) is 3.52. The number of aromatic nitrogens is 2. The number of aryl methyl sites for hydroxylation is 1. The summed E-state index contributed by atoms with van der Waals surface area (Å²) in [6.07, 6.45) is 2.83. The Balaban J connectivity index is 1.31. The van der Waals surface area contributed by atoms with Crippen molar-refractivity contribution in [2.75, 3.05) is 26.2 Å². The lowest BCUT2D eigenvalue weighted by Gasteiger charge is -2.37. The maximum Gasteiger partial charge on any atom is 0.243 e. The molecule has 6 nitrogen and oxygen atoms in total. The smallest absolute Gasteiger partial charge is 0.243 e. The molecule has 1 aliphatic heterocycles. The molecule has 1 aromatic carbocycles. The molecule has 1 saturated carbocycles. The van der Waals surface area contributed by atoms with Crippen LogP contribution in [-0.2, 0) is 11.2 Å². The van der Waals surface area contributed by atoms with Crippen LogP contribution in [0.4, 0.5) is 0 Å². The molecule has 6 heteroatoms. The molecule has 138 valence electrons. The molecule has 2 aromatic rings. The van der Waals surface area contributed by atoms with Crippen molar-refractivity contribution in [1.29, 1.82) is 0 Å². The van der Waals surface area contributed by atoms with Crippen LogP contribution in [0.25, 0.3) is 0 Å². The Bertz CT molecular complexity index is 776. The highest BCUT2D eigenvalue weighted by Crippen LogP contribution is 2.38. The Hall–Kier alpha value is -2.21. The maximum atomic E-state index is 12.6. The second-order valence-electron chi connectivity index (χ2n) is 7.46. The number of benzene rings is 1. The van der Waals surface area contributed by atoms with Gasteiger partial charge in [0.1, 0.15) is 0 Å². The third kappa shape index (κ3) is 3.65. The van der Waals surface area contributed by atoms with Gasteiger partial charge in [0, 0.05) is 32.1 Å². The lowest BCUT2D eigenvalue weighted by atomic mass is 10.1. The number of nitrogens with zero attached hydrogens (tertiary/aromatic N) is 4. The van der Waals surface area contributed by atoms with Crippen LogP contribution in [-0.4, -0.2) is 52.0 Å². The van der Waals surface area contributed by atoms with E-state index in [2.05, 4.69) is 35.0 Å². The van der Waals surface area contributed by atoms with E-state index in [1.54, 1.807) is 0 Å². The summed E-state index contributed by atoms with van der Waals surface area (Å²) in [7, 11) is 0. The van der Waals surface area contributed by atoms with Gasteiger partial charge in [-0.1, -0.05) is 29.4 Å². The van der Waals surface area contributed by atoms with E-state index < -0.39 is 0 Å². The SMILES string of the molecule is Cc1ccccc1CC(=O)N1CCN([C@@H](C)c2nc(C3CC3)no2)CC1. The number of amides is 1. The van der Waals surface area contributed by atoms with Gasteiger partial charge in [-0.25, -0.2) is 0 Å². The quantitative estimate of drug-likeness (QED) is 0.826. The van der Waals surface area contributed by atoms with Gasteiger partial charge in [-0.05, 0) is 37.8 Å². The van der Waals surface area contributed by atoms with Crippen LogP contribution in [0.3, 0.4) is 0 Å². The van der Waals surface area contributed by atoms with Crippen LogP contribution in [0.5, 0.6) is 0 Å². The average Bonchev–Trinajstić information content (AvgIpc) is 3.40. The Kier molecular flexibility index (Phi) is 4.76. The van der Waals surface area contributed by atoms with Crippen LogP contribution in [0, 0.1) is 6.92 Å². The largest absolute Gasteiger partial charge is 0.340 e. The first-order valence-electron chi connectivity index (χ1n) is 9.51. The molecule has 0 spiro atoms. The minimum absolute atomic E-state index is 0.101. The summed E-state index contributed by atoms with van der Waals surface area (Å²) in [5, 5.41) is 4.12. The molecule has 26 heavy (non-hydrogen) atoms. The van der Waals surface area contributed by atoms with Gasteiger partial charge in [-0.15, -0.1) is 0 Å². The Morgan fingerprint density at radius 2 is 1.96 bits per heavy atom. The van der Waals surface area contributed by atoms with E-state index >= 15 is 0 Å². The van der Waals surface area contributed by atoms with E-state index in [1.165, 1.54) is 18.4 Å². The molecule has 1 saturated heterocycles. The Morgan fingerprint density at radius 3 is 2.65 bits per heavy atom. The lowest BCUT2D eigenvalue weighted by Crippen LogP contribution is -2.49. The van der Waals surface area contributed by atoms with Crippen LogP contribution >= 0.6 is 0 Å². The molecule has 0 unspecified atom stereocenters. The zero-order valence-corrected chi connectivity index (χ0v) is 15.5. The molecule has 2 aliphatic rings. The maximum absolute atomic E-state index is 12.6. The van der Waals surface area contributed by atoms with E-state index in [-0.39, 0.29) is 11.9 Å². The predicted molar refractivity (Wildman–Crippen MR) is 97.7 cm³/mol. The van der Waals surface area contributed by atoms with E-state index in [4.69, 9.17) is 4.52 Å². The fourth-order valence-corrected chi connectivity index (χ4v) is 3.52. The van der Waals surface area contributed by atoms with Crippen molar-refractivity contribution in [2.24, 2.45) is 0 Å². The zero-order valence-electron chi connectivity index (χ0n) is 15.5. The van der Waals surface area contributed by atoms with Gasteiger partial charge in [0.15, 0.2) is 5.82 Å². The second-order valence-corrected chi connectivity index (χ2v) is 7.46. The third-order valence-electron chi connectivity index (χ3n) is 5.57. The normalized spacial score (nSPS) is 19.5. The van der Waals surface area contributed by atoms with Crippen molar-refractivity contribution in [3.8, 4) is 0 Å². The third-order valence-corrected chi connectivity index (χ3v) is 5.57. The molecule has 2 heterocycles. The van der Waals surface area contributed by atoms with Gasteiger partial charge in [0.05, 0.1) is 12.5 Å². The van der Waals surface area contributed by atoms with Crippen LogP contribution in [0.2, 0.25) is 0 Å². The Morgan fingerprint density at radius 1 is 1.23 bits per heavy atom. The first-order valence-corrected chi connectivity index (χ1v) is 9.51. The number of hydrogen-bond donors (Lipinski definition) is 0. The summed E-state index contributed by atoms with van der Waals surface area (Å²) in [6, 6.07) is 8.20. The zero-order chi connectivity index (χ0) is 18.1. The van der Waals surface area contributed by atoms with Crippen molar-refractivity contribution < 1.29 is 9.32 Å². The second kappa shape index (κ2) is 7.19. The van der Waals surface area contributed by atoms with Crippen molar-refractivity contribution in [1.82, 2.24) is 19.9 Å². The molecule has 1 aromatic heterocycles.